The maximum absolute atomic E-state index is 13.8. The number of thiazole rings is 2. The van der Waals surface area contributed by atoms with Gasteiger partial charge in [-0.2, -0.15) is 0 Å². The molecule has 2 fully saturated rings. The fraction of sp³-hybridized carbons (Fsp3) is 0.306. The number of aliphatic hydroxyl groups excluding tert-OH is 1. The average molecular weight is 700 g/mol. The number of aromatic nitrogens is 3. The number of alkyl carbamates (subject to hydrolysis) is 1. The molecule has 2 unspecified atom stereocenters. The number of amides is 2. The average Bonchev–Trinajstić information content (AvgIpc) is 3.63. The van der Waals surface area contributed by atoms with Gasteiger partial charge in [0, 0.05) is 41.9 Å². The Hall–Kier alpha value is -4.72. The number of nitrogens with one attached hydrogen (secondary N) is 1. The molecular formula is C36H34FN5O5S2. The maximum atomic E-state index is 13.8. The third kappa shape index (κ3) is 7.05. The first-order valence-electron chi connectivity index (χ1n) is 15.9. The van der Waals surface area contributed by atoms with E-state index in [1.165, 1.54) is 34.8 Å². The first-order valence-corrected chi connectivity index (χ1v) is 17.6. The van der Waals surface area contributed by atoms with E-state index in [1.807, 2.05) is 55.6 Å². The Balaban J connectivity index is 1.06. The molecule has 1 saturated heterocycles. The molecule has 0 radical (unpaired) electrons. The van der Waals surface area contributed by atoms with Crippen molar-refractivity contribution >= 4 is 34.7 Å². The largest absolute Gasteiger partial charge is 0.474 e. The Morgan fingerprint density at radius 2 is 1.80 bits per heavy atom. The van der Waals surface area contributed by atoms with E-state index in [2.05, 4.69) is 15.3 Å². The van der Waals surface area contributed by atoms with Gasteiger partial charge in [0.25, 0.3) is 5.91 Å². The van der Waals surface area contributed by atoms with Crippen molar-refractivity contribution in [3.05, 3.63) is 105 Å². The number of rotatable bonds is 10. The quantitative estimate of drug-likeness (QED) is 0.163. The van der Waals surface area contributed by atoms with E-state index in [0.29, 0.717) is 51.5 Å². The normalized spacial score (nSPS) is 18.9. The van der Waals surface area contributed by atoms with E-state index in [4.69, 9.17) is 14.5 Å². The van der Waals surface area contributed by atoms with Gasteiger partial charge in [-0.05, 0) is 62.2 Å². The highest BCUT2D eigenvalue weighted by Crippen LogP contribution is 2.49. The van der Waals surface area contributed by atoms with Crippen LogP contribution in [0.3, 0.4) is 0 Å². The Bertz CT molecular complexity index is 1960. The second kappa shape index (κ2) is 13.3. The number of carbonyl (C=O) groups excluding carboxylic acids is 2. The summed E-state index contributed by atoms with van der Waals surface area (Å²) in [4.78, 5) is 42.3. The number of piperidine rings is 1. The first kappa shape index (κ1) is 32.8. The summed E-state index contributed by atoms with van der Waals surface area (Å²) in [6.07, 6.45) is -1.62. The fourth-order valence-corrected chi connectivity index (χ4v) is 7.78. The van der Waals surface area contributed by atoms with E-state index >= 15 is 0 Å². The number of aliphatic hydroxyl groups is 1. The summed E-state index contributed by atoms with van der Waals surface area (Å²) in [5.41, 5.74) is 4.74. The van der Waals surface area contributed by atoms with Crippen LogP contribution in [-0.2, 0) is 16.9 Å². The van der Waals surface area contributed by atoms with Gasteiger partial charge in [-0.3, -0.25) is 4.79 Å². The molecule has 2 aliphatic rings. The summed E-state index contributed by atoms with van der Waals surface area (Å²) >= 11 is 2.69. The summed E-state index contributed by atoms with van der Waals surface area (Å²) in [6.45, 7) is 6.47. The minimum absolute atomic E-state index is 0.115. The van der Waals surface area contributed by atoms with E-state index in [0.717, 1.165) is 11.1 Å². The van der Waals surface area contributed by atoms with E-state index < -0.39 is 17.7 Å². The molecule has 252 valence electrons. The van der Waals surface area contributed by atoms with Gasteiger partial charge in [-0.15, -0.1) is 22.7 Å². The first-order chi connectivity index (χ1) is 23.6. The van der Waals surface area contributed by atoms with Gasteiger partial charge in [0.1, 0.15) is 34.1 Å². The van der Waals surface area contributed by atoms with E-state index in [1.54, 1.807) is 35.5 Å². The van der Waals surface area contributed by atoms with Gasteiger partial charge in [0.2, 0.25) is 5.88 Å². The third-order valence-electron chi connectivity index (χ3n) is 8.85. The molecule has 0 spiro atoms. The lowest BCUT2D eigenvalue weighted by Crippen LogP contribution is -2.41. The zero-order valence-corrected chi connectivity index (χ0v) is 28.6. The summed E-state index contributed by atoms with van der Waals surface area (Å²) < 4.78 is 25.7. The minimum atomic E-state index is -0.895. The van der Waals surface area contributed by atoms with Crippen LogP contribution in [0.2, 0.25) is 0 Å². The van der Waals surface area contributed by atoms with Gasteiger partial charge in [0.05, 0.1) is 28.5 Å². The Labute approximate surface area is 290 Å². The van der Waals surface area contributed by atoms with Gasteiger partial charge in [0.15, 0.2) is 0 Å². The van der Waals surface area contributed by atoms with Crippen molar-refractivity contribution in [2.75, 3.05) is 13.1 Å². The molecule has 2 N–H and O–H groups in total. The highest BCUT2D eigenvalue weighted by molar-refractivity contribution is 7.17. The van der Waals surface area contributed by atoms with Gasteiger partial charge in [-0.25, -0.2) is 24.1 Å². The van der Waals surface area contributed by atoms with E-state index in [-0.39, 0.29) is 36.3 Å². The van der Waals surface area contributed by atoms with Crippen LogP contribution in [-0.4, -0.2) is 56.2 Å². The maximum Gasteiger partial charge on any atom is 0.408 e. The molecule has 49 heavy (non-hydrogen) atoms. The topological polar surface area (TPSA) is 127 Å². The van der Waals surface area contributed by atoms with Gasteiger partial charge in [-0.1, -0.05) is 30.3 Å². The summed E-state index contributed by atoms with van der Waals surface area (Å²) in [5.74, 6) is 0.0787. The smallest absolute Gasteiger partial charge is 0.408 e. The molecule has 1 aliphatic carbocycles. The Morgan fingerprint density at radius 3 is 2.47 bits per heavy atom. The molecule has 3 aromatic heterocycles. The molecule has 10 nitrogen and oxygen atoms in total. The van der Waals surface area contributed by atoms with Crippen LogP contribution in [0.15, 0.2) is 77.6 Å². The molecule has 2 aromatic carbocycles. The van der Waals surface area contributed by atoms with Crippen molar-refractivity contribution in [3.8, 4) is 27.8 Å². The number of fused-ring (bicyclic) bond motifs is 1. The lowest BCUT2D eigenvalue weighted by atomic mass is 9.93. The molecule has 4 atom stereocenters. The van der Waals surface area contributed by atoms with Crippen molar-refractivity contribution in [3.63, 3.8) is 0 Å². The molecule has 4 heterocycles. The monoisotopic (exact) mass is 699 g/mol. The van der Waals surface area contributed by atoms with E-state index in [9.17, 15) is 19.1 Å². The molecule has 7 rings (SSSR count). The molecule has 0 bridgehead atoms. The number of hydrogen-bond donors (Lipinski definition) is 2. The Morgan fingerprint density at radius 1 is 1.06 bits per heavy atom. The van der Waals surface area contributed by atoms with Crippen molar-refractivity contribution < 1.29 is 28.6 Å². The number of halogens is 1. The van der Waals surface area contributed by atoms with Crippen molar-refractivity contribution in [1.82, 2.24) is 25.2 Å². The lowest BCUT2D eigenvalue weighted by molar-refractivity contribution is 0.0749. The van der Waals surface area contributed by atoms with Crippen molar-refractivity contribution in [2.45, 2.75) is 45.1 Å². The number of nitrogens with zero attached hydrogens (tertiary/aromatic N) is 4. The number of likely N-dealkylation sites (tertiary alicyclic amines) is 1. The standard InChI is InChI=1S/C36H34FN5O5S2/c1-20(43)30-32(49-33(40-30)28-18-48-19-38-28)34(44)42-15-25-26(16-42)31(25)47-29-14-23(13-27(39-29)22-9-11-24(37)12-10-22)36(2,3)41-35(45)46-17-21-7-5-4-6-8-21/h4-14,18-20,25-26,31,43H,15-17H2,1-3H3,(H,41,45)/t20?,25-,26+,31?. The number of carbonyl (C=O) groups is 2. The molecule has 1 saturated carbocycles. The predicted molar refractivity (Wildman–Crippen MR) is 184 cm³/mol. The fourth-order valence-electron chi connectivity index (χ4n) is 6.07. The van der Waals surface area contributed by atoms with Crippen molar-refractivity contribution in [1.29, 1.82) is 0 Å². The minimum Gasteiger partial charge on any atom is -0.474 e. The van der Waals surface area contributed by atoms with Crippen LogP contribution in [0.25, 0.3) is 22.0 Å². The number of benzene rings is 2. The van der Waals surface area contributed by atoms with Crippen LogP contribution in [0.4, 0.5) is 9.18 Å². The zero-order chi connectivity index (χ0) is 34.3. The number of ether oxygens (including phenoxy) is 2. The summed E-state index contributed by atoms with van der Waals surface area (Å²) in [6, 6.07) is 19.1. The predicted octanol–water partition coefficient (Wildman–Crippen LogP) is 6.83. The highest BCUT2D eigenvalue weighted by atomic mass is 32.1. The van der Waals surface area contributed by atoms with Crippen LogP contribution in [0.5, 0.6) is 5.88 Å². The second-order valence-electron chi connectivity index (χ2n) is 12.8. The second-order valence-corrected chi connectivity index (χ2v) is 14.5. The number of hydrogen-bond acceptors (Lipinski definition) is 10. The summed E-state index contributed by atoms with van der Waals surface area (Å²) in [5, 5.41) is 15.8. The van der Waals surface area contributed by atoms with Crippen LogP contribution in [0, 0.1) is 17.7 Å². The zero-order valence-electron chi connectivity index (χ0n) is 27.0. The third-order valence-corrected chi connectivity index (χ3v) is 10.5. The van der Waals surface area contributed by atoms with Gasteiger partial charge >= 0.3 is 6.09 Å². The number of pyridine rings is 1. The van der Waals surface area contributed by atoms with Crippen molar-refractivity contribution in [2.24, 2.45) is 11.8 Å². The van der Waals surface area contributed by atoms with Crippen LogP contribution >= 0.6 is 22.7 Å². The SMILES string of the molecule is CC(O)c1nc(-c2cscn2)sc1C(=O)N1C[C@@H]2C(Oc3cc(C(C)(C)NC(=O)OCc4ccccc4)cc(-c4ccc(F)cc4)n3)[C@@H]2C1. The van der Waals surface area contributed by atoms with Crippen LogP contribution < -0.4 is 10.1 Å². The lowest BCUT2D eigenvalue weighted by Gasteiger charge is -2.27. The van der Waals surface area contributed by atoms with Gasteiger partial charge < -0.3 is 24.8 Å². The molecule has 5 aromatic rings. The molecule has 13 heteroatoms. The Kier molecular flexibility index (Phi) is 8.90. The highest BCUT2D eigenvalue weighted by Gasteiger charge is 2.59. The van der Waals surface area contributed by atoms with Crippen LogP contribution in [0.1, 0.15) is 53.4 Å². The molecule has 2 amide bonds. The molecule has 1 aliphatic heterocycles. The summed E-state index contributed by atoms with van der Waals surface area (Å²) in [7, 11) is 0. The molecular weight excluding hydrogens is 666 g/mol.